The first-order valence-corrected chi connectivity index (χ1v) is 9.68. The number of rotatable bonds is 6. The average molecular weight is 334 g/mol. The molecule has 0 aromatic carbocycles. The van der Waals surface area contributed by atoms with Gasteiger partial charge in [-0.3, -0.25) is 0 Å². The van der Waals surface area contributed by atoms with E-state index in [0.29, 0.717) is 6.04 Å². The van der Waals surface area contributed by atoms with E-state index >= 15 is 0 Å². The van der Waals surface area contributed by atoms with Gasteiger partial charge in [0.15, 0.2) is 0 Å². The minimum absolute atomic E-state index is 0.510. The lowest BCUT2D eigenvalue weighted by atomic mass is 10.2. The molecule has 3 aromatic rings. The summed E-state index contributed by atoms with van der Waals surface area (Å²) in [7, 11) is 0. The molecular formula is C17H19NS3. The Kier molecular flexibility index (Phi) is 4.91. The second-order valence-corrected chi connectivity index (χ2v) is 8.59. The van der Waals surface area contributed by atoms with Gasteiger partial charge in [-0.1, -0.05) is 6.07 Å². The van der Waals surface area contributed by atoms with E-state index in [1.807, 2.05) is 22.7 Å². The van der Waals surface area contributed by atoms with Crippen molar-refractivity contribution >= 4 is 34.0 Å². The van der Waals surface area contributed by atoms with E-state index in [9.17, 15) is 0 Å². The lowest BCUT2D eigenvalue weighted by Crippen LogP contribution is -2.26. The molecule has 0 aliphatic carbocycles. The highest BCUT2D eigenvalue weighted by atomic mass is 32.1. The molecule has 1 unspecified atom stereocenters. The van der Waals surface area contributed by atoms with Crippen molar-refractivity contribution in [2.24, 2.45) is 0 Å². The molecule has 0 fully saturated rings. The molecule has 3 aromatic heterocycles. The van der Waals surface area contributed by atoms with Crippen LogP contribution in [0.5, 0.6) is 0 Å². The van der Waals surface area contributed by atoms with E-state index in [0.717, 1.165) is 13.0 Å². The van der Waals surface area contributed by atoms with Gasteiger partial charge in [-0.2, -0.15) is 0 Å². The molecule has 21 heavy (non-hydrogen) atoms. The molecule has 1 nitrogen and oxygen atoms in total. The molecule has 3 heterocycles. The highest BCUT2D eigenvalue weighted by Crippen LogP contribution is 2.29. The number of aryl methyl sites for hydroxylation is 1. The quantitative estimate of drug-likeness (QED) is 0.622. The number of hydrogen-bond acceptors (Lipinski definition) is 4. The summed E-state index contributed by atoms with van der Waals surface area (Å²) in [5.41, 5.74) is 1.35. The van der Waals surface area contributed by atoms with Crippen molar-refractivity contribution in [1.82, 2.24) is 5.32 Å². The van der Waals surface area contributed by atoms with Crippen molar-refractivity contribution in [2.45, 2.75) is 32.9 Å². The zero-order chi connectivity index (χ0) is 14.7. The highest BCUT2D eigenvalue weighted by Gasteiger charge is 2.07. The van der Waals surface area contributed by atoms with Gasteiger partial charge < -0.3 is 5.32 Å². The van der Waals surface area contributed by atoms with Crippen LogP contribution in [0.3, 0.4) is 0 Å². The van der Waals surface area contributed by atoms with Crippen molar-refractivity contribution in [3.63, 3.8) is 0 Å². The third-order valence-corrected chi connectivity index (χ3v) is 6.27. The molecule has 0 bridgehead atoms. The van der Waals surface area contributed by atoms with E-state index in [1.54, 1.807) is 11.3 Å². The van der Waals surface area contributed by atoms with Crippen LogP contribution in [0.2, 0.25) is 0 Å². The van der Waals surface area contributed by atoms with Crippen LogP contribution in [0, 0.1) is 6.92 Å². The van der Waals surface area contributed by atoms with Crippen LogP contribution in [0.25, 0.3) is 10.4 Å². The van der Waals surface area contributed by atoms with Crippen molar-refractivity contribution < 1.29 is 0 Å². The standard InChI is InChI=1S/C17H19NS3/c1-12(8-15-6-5-13(2)21-15)18-10-16-9-14(11-20-16)17-4-3-7-19-17/h3-7,9,11-12,18H,8,10H2,1-2H3. The summed E-state index contributed by atoms with van der Waals surface area (Å²) in [6.07, 6.45) is 1.11. The zero-order valence-corrected chi connectivity index (χ0v) is 14.7. The predicted molar refractivity (Wildman–Crippen MR) is 96.7 cm³/mol. The maximum absolute atomic E-state index is 3.64. The predicted octanol–water partition coefficient (Wildman–Crippen LogP) is 5.57. The lowest BCUT2D eigenvalue weighted by Gasteiger charge is -2.11. The highest BCUT2D eigenvalue weighted by molar-refractivity contribution is 7.14. The third kappa shape index (κ3) is 4.04. The summed E-state index contributed by atoms with van der Waals surface area (Å²) in [5.74, 6) is 0. The van der Waals surface area contributed by atoms with Gasteiger partial charge in [-0.25, -0.2) is 0 Å². The Labute approximate surface area is 138 Å². The molecule has 0 radical (unpaired) electrons. The molecule has 1 atom stereocenters. The topological polar surface area (TPSA) is 12.0 Å². The van der Waals surface area contributed by atoms with Crippen LogP contribution >= 0.6 is 34.0 Å². The van der Waals surface area contributed by atoms with Crippen LogP contribution in [0.15, 0.2) is 41.1 Å². The molecule has 0 aliphatic heterocycles. The van der Waals surface area contributed by atoms with E-state index in [-0.39, 0.29) is 0 Å². The Balaban J connectivity index is 1.53. The normalized spacial score (nSPS) is 12.7. The van der Waals surface area contributed by atoms with Crippen molar-refractivity contribution in [2.75, 3.05) is 0 Å². The second kappa shape index (κ2) is 6.88. The van der Waals surface area contributed by atoms with Crippen LogP contribution in [-0.2, 0) is 13.0 Å². The molecule has 110 valence electrons. The number of hydrogen-bond donors (Lipinski definition) is 1. The molecule has 1 N–H and O–H groups in total. The third-order valence-electron chi connectivity index (χ3n) is 3.39. The molecule has 0 aliphatic rings. The van der Waals surface area contributed by atoms with E-state index < -0.39 is 0 Å². The summed E-state index contributed by atoms with van der Waals surface area (Å²) >= 11 is 5.56. The van der Waals surface area contributed by atoms with Crippen molar-refractivity contribution in [3.8, 4) is 10.4 Å². The van der Waals surface area contributed by atoms with Crippen LogP contribution in [0.4, 0.5) is 0 Å². The van der Waals surface area contributed by atoms with E-state index in [1.165, 1.54) is 25.1 Å². The lowest BCUT2D eigenvalue weighted by molar-refractivity contribution is 0.552. The van der Waals surface area contributed by atoms with Gasteiger partial charge >= 0.3 is 0 Å². The average Bonchev–Trinajstić information content (AvgIpc) is 3.17. The maximum Gasteiger partial charge on any atom is 0.0351 e. The van der Waals surface area contributed by atoms with E-state index in [4.69, 9.17) is 0 Å². The Hall–Kier alpha value is -0.940. The van der Waals surface area contributed by atoms with Gasteiger partial charge in [0.1, 0.15) is 0 Å². The summed E-state index contributed by atoms with van der Waals surface area (Å²) in [6, 6.07) is 11.6. The molecular weight excluding hydrogens is 314 g/mol. The molecule has 0 amide bonds. The fourth-order valence-corrected chi connectivity index (χ4v) is 4.93. The number of thiophene rings is 3. The van der Waals surface area contributed by atoms with Crippen LogP contribution in [-0.4, -0.2) is 6.04 Å². The summed E-state index contributed by atoms with van der Waals surface area (Å²) < 4.78 is 0. The molecule has 3 rings (SSSR count). The van der Waals surface area contributed by atoms with Crippen molar-refractivity contribution in [1.29, 1.82) is 0 Å². The van der Waals surface area contributed by atoms with E-state index in [2.05, 4.69) is 60.3 Å². The molecule has 0 spiro atoms. The second-order valence-electron chi connectivity index (χ2n) is 5.28. The minimum atomic E-state index is 0.510. The van der Waals surface area contributed by atoms with Crippen LogP contribution in [0.1, 0.15) is 21.6 Å². The smallest absolute Gasteiger partial charge is 0.0351 e. The van der Waals surface area contributed by atoms with Gasteiger partial charge in [0.05, 0.1) is 0 Å². The van der Waals surface area contributed by atoms with Crippen LogP contribution < -0.4 is 5.32 Å². The Morgan fingerprint density at radius 2 is 2.05 bits per heavy atom. The summed E-state index contributed by atoms with van der Waals surface area (Å²) in [5, 5.41) is 8.03. The van der Waals surface area contributed by atoms with Gasteiger partial charge in [0.25, 0.3) is 0 Å². The Morgan fingerprint density at radius 1 is 1.14 bits per heavy atom. The van der Waals surface area contributed by atoms with Gasteiger partial charge in [0, 0.05) is 37.7 Å². The summed E-state index contributed by atoms with van der Waals surface area (Å²) in [4.78, 5) is 5.64. The Bertz CT molecular complexity index is 679. The fraction of sp³-hybridized carbons (Fsp3) is 0.294. The minimum Gasteiger partial charge on any atom is -0.309 e. The van der Waals surface area contributed by atoms with Gasteiger partial charge in [-0.15, -0.1) is 34.0 Å². The zero-order valence-electron chi connectivity index (χ0n) is 12.3. The molecule has 0 saturated heterocycles. The van der Waals surface area contributed by atoms with Gasteiger partial charge in [-0.05, 0) is 55.3 Å². The first kappa shape index (κ1) is 15.0. The molecule has 0 saturated carbocycles. The first-order valence-electron chi connectivity index (χ1n) is 7.10. The SMILES string of the molecule is Cc1ccc(CC(C)NCc2cc(-c3cccs3)cs2)s1. The first-order chi connectivity index (χ1) is 10.2. The van der Waals surface area contributed by atoms with Gasteiger partial charge in [0.2, 0.25) is 0 Å². The number of nitrogens with one attached hydrogen (secondary N) is 1. The maximum atomic E-state index is 3.64. The largest absolute Gasteiger partial charge is 0.309 e. The van der Waals surface area contributed by atoms with Crippen molar-refractivity contribution in [3.05, 3.63) is 55.7 Å². The summed E-state index contributed by atoms with van der Waals surface area (Å²) in [6.45, 7) is 5.40. The fourth-order valence-electron chi connectivity index (χ4n) is 2.29. The Morgan fingerprint density at radius 3 is 2.76 bits per heavy atom. The monoisotopic (exact) mass is 333 g/mol. The molecule has 4 heteroatoms.